The smallest absolute Gasteiger partial charge is 0.332 e. The summed E-state index contributed by atoms with van der Waals surface area (Å²) in [6.45, 7) is 0. The SMILES string of the molecule is O=C(O)C(O)CC(Cc1ccccc1)C(=O)O. The molecule has 0 radical (unpaired) electrons. The molecule has 0 aromatic heterocycles. The first-order valence-corrected chi connectivity index (χ1v) is 5.18. The first kappa shape index (κ1) is 13.2. The number of benzene rings is 1. The molecule has 0 amide bonds. The molecule has 0 bridgehead atoms. The molecule has 0 fully saturated rings. The Bertz CT molecular complexity index is 387. The van der Waals surface area contributed by atoms with Crippen LogP contribution in [0.1, 0.15) is 12.0 Å². The van der Waals surface area contributed by atoms with Gasteiger partial charge < -0.3 is 15.3 Å². The predicted molar refractivity (Wildman–Crippen MR) is 59.5 cm³/mol. The number of carboxylic acids is 2. The summed E-state index contributed by atoms with van der Waals surface area (Å²) in [6.07, 6.45) is -1.72. The average Bonchev–Trinajstić information content (AvgIpc) is 2.29. The van der Waals surface area contributed by atoms with Gasteiger partial charge in [0.05, 0.1) is 5.92 Å². The van der Waals surface area contributed by atoms with Crippen LogP contribution in [0.25, 0.3) is 0 Å². The Morgan fingerprint density at radius 2 is 1.65 bits per heavy atom. The number of hydrogen-bond acceptors (Lipinski definition) is 3. The van der Waals surface area contributed by atoms with E-state index in [4.69, 9.17) is 15.3 Å². The van der Waals surface area contributed by atoms with Gasteiger partial charge in [-0.3, -0.25) is 4.79 Å². The standard InChI is InChI=1S/C12H14O5/c13-10(12(16)17)7-9(11(14)15)6-8-4-2-1-3-5-8/h1-5,9-10,13H,6-7H2,(H,14,15)(H,16,17). The summed E-state index contributed by atoms with van der Waals surface area (Å²) in [5.74, 6) is -3.40. The molecule has 0 saturated heterocycles. The summed E-state index contributed by atoms with van der Waals surface area (Å²) in [7, 11) is 0. The fourth-order valence-corrected chi connectivity index (χ4v) is 1.54. The van der Waals surface area contributed by atoms with Crippen molar-refractivity contribution in [1.82, 2.24) is 0 Å². The van der Waals surface area contributed by atoms with Crippen LogP contribution in [-0.2, 0) is 16.0 Å². The van der Waals surface area contributed by atoms with Crippen LogP contribution in [0.4, 0.5) is 0 Å². The maximum Gasteiger partial charge on any atom is 0.332 e. The molecule has 0 aliphatic rings. The minimum atomic E-state index is -1.64. The van der Waals surface area contributed by atoms with Crippen LogP contribution in [0.2, 0.25) is 0 Å². The number of carbonyl (C=O) groups is 2. The highest BCUT2D eigenvalue weighted by Gasteiger charge is 2.25. The Morgan fingerprint density at radius 3 is 2.12 bits per heavy atom. The molecule has 1 aromatic carbocycles. The third-order valence-electron chi connectivity index (χ3n) is 2.47. The molecule has 3 N–H and O–H groups in total. The van der Waals surface area contributed by atoms with Crippen molar-refractivity contribution in [3.05, 3.63) is 35.9 Å². The fourth-order valence-electron chi connectivity index (χ4n) is 1.54. The summed E-state index contributed by atoms with van der Waals surface area (Å²) in [5, 5.41) is 26.7. The van der Waals surface area contributed by atoms with E-state index in [0.29, 0.717) is 0 Å². The average molecular weight is 238 g/mol. The molecular weight excluding hydrogens is 224 g/mol. The van der Waals surface area contributed by atoms with Gasteiger partial charge in [0.2, 0.25) is 0 Å². The highest BCUT2D eigenvalue weighted by atomic mass is 16.4. The Hall–Kier alpha value is -1.88. The van der Waals surface area contributed by atoms with E-state index in [9.17, 15) is 9.59 Å². The Labute approximate surface area is 98.3 Å². The number of hydrogen-bond donors (Lipinski definition) is 3. The maximum absolute atomic E-state index is 11.0. The van der Waals surface area contributed by atoms with Gasteiger partial charge in [-0.25, -0.2) is 4.79 Å². The lowest BCUT2D eigenvalue weighted by molar-refractivity contribution is -0.150. The van der Waals surface area contributed by atoms with E-state index in [1.165, 1.54) is 0 Å². The minimum absolute atomic E-state index is 0.209. The second kappa shape index (κ2) is 6.00. The number of aliphatic carboxylic acids is 2. The number of carboxylic acid groups (broad SMARTS) is 2. The fraction of sp³-hybridized carbons (Fsp3) is 0.333. The van der Waals surface area contributed by atoms with Crippen molar-refractivity contribution >= 4 is 11.9 Å². The van der Waals surface area contributed by atoms with Gasteiger partial charge in [-0.05, 0) is 18.4 Å². The first-order valence-electron chi connectivity index (χ1n) is 5.18. The lowest BCUT2D eigenvalue weighted by Crippen LogP contribution is -2.28. The van der Waals surface area contributed by atoms with E-state index in [0.717, 1.165) is 5.56 Å². The van der Waals surface area contributed by atoms with E-state index in [1.807, 2.05) is 6.07 Å². The molecule has 0 aliphatic heterocycles. The molecule has 1 rings (SSSR count). The quantitative estimate of drug-likeness (QED) is 0.680. The molecule has 0 aliphatic carbocycles. The highest BCUT2D eigenvalue weighted by Crippen LogP contribution is 2.15. The zero-order chi connectivity index (χ0) is 12.8. The zero-order valence-electron chi connectivity index (χ0n) is 9.11. The molecule has 5 nitrogen and oxygen atoms in total. The monoisotopic (exact) mass is 238 g/mol. The van der Waals surface area contributed by atoms with E-state index in [-0.39, 0.29) is 12.8 Å². The van der Waals surface area contributed by atoms with Crippen LogP contribution in [0.15, 0.2) is 30.3 Å². The summed E-state index contributed by atoms with van der Waals surface area (Å²) in [6, 6.07) is 8.90. The van der Waals surface area contributed by atoms with Crippen molar-refractivity contribution in [2.45, 2.75) is 18.9 Å². The van der Waals surface area contributed by atoms with Crippen LogP contribution in [0, 0.1) is 5.92 Å². The zero-order valence-corrected chi connectivity index (χ0v) is 9.11. The topological polar surface area (TPSA) is 94.8 Å². The molecule has 2 atom stereocenters. The van der Waals surface area contributed by atoms with Crippen molar-refractivity contribution in [2.75, 3.05) is 0 Å². The van der Waals surface area contributed by atoms with Crippen molar-refractivity contribution in [3.8, 4) is 0 Å². The molecule has 2 unspecified atom stereocenters. The first-order chi connectivity index (χ1) is 8.00. The Morgan fingerprint density at radius 1 is 1.06 bits per heavy atom. The highest BCUT2D eigenvalue weighted by molar-refractivity contribution is 5.75. The van der Waals surface area contributed by atoms with Gasteiger partial charge in [-0.2, -0.15) is 0 Å². The summed E-state index contributed by atoms with van der Waals surface area (Å²) in [5.41, 5.74) is 0.803. The van der Waals surface area contributed by atoms with Crippen LogP contribution < -0.4 is 0 Å². The Kier molecular flexibility index (Phi) is 4.66. The van der Waals surface area contributed by atoms with Gasteiger partial charge in [-0.15, -0.1) is 0 Å². The van der Waals surface area contributed by atoms with Crippen LogP contribution >= 0.6 is 0 Å². The lowest BCUT2D eigenvalue weighted by atomic mass is 9.94. The second-order valence-electron chi connectivity index (χ2n) is 3.81. The third-order valence-corrected chi connectivity index (χ3v) is 2.47. The maximum atomic E-state index is 11.0. The van der Waals surface area contributed by atoms with Crippen molar-refractivity contribution in [3.63, 3.8) is 0 Å². The van der Waals surface area contributed by atoms with Crippen LogP contribution in [-0.4, -0.2) is 33.4 Å². The number of rotatable bonds is 6. The van der Waals surface area contributed by atoms with Gasteiger partial charge in [0.1, 0.15) is 0 Å². The predicted octanol–water partition coefficient (Wildman–Crippen LogP) is 0.765. The van der Waals surface area contributed by atoms with Gasteiger partial charge >= 0.3 is 11.9 Å². The van der Waals surface area contributed by atoms with Crippen molar-refractivity contribution in [2.24, 2.45) is 5.92 Å². The van der Waals surface area contributed by atoms with E-state index in [1.54, 1.807) is 24.3 Å². The molecular formula is C12H14O5. The minimum Gasteiger partial charge on any atom is -0.481 e. The number of aliphatic hydroxyl groups excluding tert-OH is 1. The van der Waals surface area contributed by atoms with E-state index < -0.39 is 24.0 Å². The summed E-state index contributed by atoms with van der Waals surface area (Å²) in [4.78, 5) is 21.4. The second-order valence-corrected chi connectivity index (χ2v) is 3.81. The molecule has 0 spiro atoms. The normalized spacial score (nSPS) is 13.9. The van der Waals surface area contributed by atoms with E-state index in [2.05, 4.69) is 0 Å². The van der Waals surface area contributed by atoms with Gasteiger partial charge in [0, 0.05) is 0 Å². The molecule has 0 heterocycles. The van der Waals surface area contributed by atoms with Crippen LogP contribution in [0.5, 0.6) is 0 Å². The summed E-state index contributed by atoms with van der Waals surface area (Å²) < 4.78 is 0. The van der Waals surface area contributed by atoms with Gasteiger partial charge in [-0.1, -0.05) is 30.3 Å². The van der Waals surface area contributed by atoms with Crippen LogP contribution in [0.3, 0.4) is 0 Å². The molecule has 17 heavy (non-hydrogen) atoms. The van der Waals surface area contributed by atoms with Gasteiger partial charge in [0.25, 0.3) is 0 Å². The molecule has 92 valence electrons. The van der Waals surface area contributed by atoms with E-state index >= 15 is 0 Å². The lowest BCUT2D eigenvalue weighted by Gasteiger charge is -2.14. The van der Waals surface area contributed by atoms with Gasteiger partial charge in [0.15, 0.2) is 6.10 Å². The molecule has 0 saturated carbocycles. The Balaban J connectivity index is 2.67. The summed E-state index contributed by atoms with van der Waals surface area (Å²) >= 11 is 0. The third kappa shape index (κ3) is 4.24. The van der Waals surface area contributed by atoms with Crippen molar-refractivity contribution < 1.29 is 24.9 Å². The number of aliphatic hydroxyl groups is 1. The van der Waals surface area contributed by atoms with Crippen molar-refractivity contribution in [1.29, 1.82) is 0 Å². The largest absolute Gasteiger partial charge is 0.481 e. The molecule has 1 aromatic rings. The molecule has 5 heteroatoms.